The minimum absolute atomic E-state index is 0.0422. The molecule has 1 aliphatic rings. The van der Waals surface area contributed by atoms with Crippen molar-refractivity contribution in [3.05, 3.63) is 24.0 Å². The molecular formula is C11H15N3O2. The van der Waals surface area contributed by atoms with Gasteiger partial charge in [-0.1, -0.05) is 0 Å². The number of carbonyl (C=O) groups excluding carboxylic acids is 1. The van der Waals surface area contributed by atoms with Gasteiger partial charge in [0.1, 0.15) is 0 Å². The maximum atomic E-state index is 12.1. The Labute approximate surface area is 94.2 Å². The minimum Gasteiger partial charge on any atom is -0.397 e. The van der Waals surface area contributed by atoms with Gasteiger partial charge in [0.25, 0.3) is 5.91 Å². The molecule has 2 heterocycles. The SMILES string of the molecule is COC1CCN(C(=O)c2ccncc2N)C1. The monoisotopic (exact) mass is 221 g/mol. The summed E-state index contributed by atoms with van der Waals surface area (Å²) < 4.78 is 5.22. The number of likely N-dealkylation sites (tertiary alicyclic amines) is 1. The van der Waals surface area contributed by atoms with Gasteiger partial charge in [-0.2, -0.15) is 0 Å². The number of nitrogens with two attached hydrogens (primary N) is 1. The Kier molecular flexibility index (Phi) is 3.05. The molecule has 1 fully saturated rings. The number of methoxy groups -OCH3 is 1. The van der Waals surface area contributed by atoms with Crippen molar-refractivity contribution < 1.29 is 9.53 Å². The first kappa shape index (κ1) is 10.9. The standard InChI is InChI=1S/C11H15N3O2/c1-16-8-3-5-14(7-8)11(15)9-2-4-13-6-10(9)12/h2,4,6,8H,3,5,7,12H2,1H3. The smallest absolute Gasteiger partial charge is 0.256 e. The fourth-order valence-electron chi connectivity index (χ4n) is 1.88. The molecule has 1 unspecified atom stereocenters. The van der Waals surface area contributed by atoms with E-state index in [-0.39, 0.29) is 12.0 Å². The number of nitrogen functional groups attached to an aromatic ring is 1. The zero-order valence-electron chi connectivity index (χ0n) is 9.22. The topological polar surface area (TPSA) is 68.5 Å². The van der Waals surface area contributed by atoms with E-state index in [9.17, 15) is 4.79 Å². The normalized spacial score (nSPS) is 20.1. The summed E-state index contributed by atoms with van der Waals surface area (Å²) in [5, 5.41) is 0. The summed E-state index contributed by atoms with van der Waals surface area (Å²) in [5.41, 5.74) is 6.66. The van der Waals surface area contributed by atoms with Crippen LogP contribution in [0.5, 0.6) is 0 Å². The zero-order chi connectivity index (χ0) is 11.5. The predicted octanol–water partition coefficient (Wildman–Crippen LogP) is 0.525. The first-order valence-corrected chi connectivity index (χ1v) is 5.24. The van der Waals surface area contributed by atoms with Gasteiger partial charge in [0.05, 0.1) is 23.6 Å². The number of aromatic nitrogens is 1. The van der Waals surface area contributed by atoms with Gasteiger partial charge in [0.15, 0.2) is 0 Å². The molecule has 1 amide bonds. The van der Waals surface area contributed by atoms with Crippen LogP contribution in [0.1, 0.15) is 16.8 Å². The van der Waals surface area contributed by atoms with Crippen LogP contribution in [-0.4, -0.2) is 42.1 Å². The van der Waals surface area contributed by atoms with Crippen LogP contribution in [0.15, 0.2) is 18.5 Å². The highest BCUT2D eigenvalue weighted by molar-refractivity contribution is 5.99. The molecule has 1 aliphatic heterocycles. The van der Waals surface area contributed by atoms with Crippen molar-refractivity contribution >= 4 is 11.6 Å². The lowest BCUT2D eigenvalue weighted by atomic mass is 10.2. The third-order valence-electron chi connectivity index (χ3n) is 2.85. The van der Waals surface area contributed by atoms with Crippen LogP contribution in [0.3, 0.4) is 0 Å². The molecule has 0 radical (unpaired) electrons. The van der Waals surface area contributed by atoms with Crippen molar-refractivity contribution in [2.45, 2.75) is 12.5 Å². The zero-order valence-corrected chi connectivity index (χ0v) is 9.22. The van der Waals surface area contributed by atoms with E-state index in [0.717, 1.165) is 13.0 Å². The molecule has 86 valence electrons. The average Bonchev–Trinajstić information content (AvgIpc) is 2.77. The lowest BCUT2D eigenvalue weighted by molar-refractivity contribution is 0.0725. The summed E-state index contributed by atoms with van der Waals surface area (Å²) >= 11 is 0. The Morgan fingerprint density at radius 2 is 2.50 bits per heavy atom. The summed E-state index contributed by atoms with van der Waals surface area (Å²) in [6.07, 6.45) is 4.10. The van der Waals surface area contributed by atoms with E-state index in [1.165, 1.54) is 6.20 Å². The molecule has 1 saturated heterocycles. The van der Waals surface area contributed by atoms with Crippen LogP contribution >= 0.6 is 0 Å². The molecule has 0 saturated carbocycles. The summed E-state index contributed by atoms with van der Waals surface area (Å²) in [6.45, 7) is 1.36. The number of pyridine rings is 1. The minimum atomic E-state index is -0.0422. The number of rotatable bonds is 2. The van der Waals surface area contributed by atoms with E-state index < -0.39 is 0 Å². The molecule has 0 aromatic carbocycles. The highest BCUT2D eigenvalue weighted by Gasteiger charge is 2.27. The second-order valence-corrected chi connectivity index (χ2v) is 3.86. The fraction of sp³-hybridized carbons (Fsp3) is 0.455. The molecule has 0 aliphatic carbocycles. The lowest BCUT2D eigenvalue weighted by Crippen LogP contribution is -2.30. The summed E-state index contributed by atoms with van der Waals surface area (Å²) in [5.74, 6) is -0.0422. The molecule has 1 aromatic rings. The predicted molar refractivity (Wildman–Crippen MR) is 60.0 cm³/mol. The maximum Gasteiger partial charge on any atom is 0.256 e. The Balaban J connectivity index is 2.12. The van der Waals surface area contributed by atoms with Gasteiger partial charge >= 0.3 is 0 Å². The second-order valence-electron chi connectivity index (χ2n) is 3.86. The number of hydrogen-bond acceptors (Lipinski definition) is 4. The molecule has 2 rings (SSSR count). The van der Waals surface area contributed by atoms with E-state index in [0.29, 0.717) is 17.8 Å². The molecule has 1 atom stereocenters. The Morgan fingerprint density at radius 3 is 3.12 bits per heavy atom. The summed E-state index contributed by atoms with van der Waals surface area (Å²) in [4.78, 5) is 17.7. The van der Waals surface area contributed by atoms with E-state index in [1.807, 2.05) is 0 Å². The van der Waals surface area contributed by atoms with Gasteiger partial charge < -0.3 is 15.4 Å². The highest BCUT2D eigenvalue weighted by Crippen LogP contribution is 2.18. The summed E-state index contributed by atoms with van der Waals surface area (Å²) in [6, 6.07) is 1.65. The van der Waals surface area contributed by atoms with Crippen LogP contribution in [0.4, 0.5) is 5.69 Å². The van der Waals surface area contributed by atoms with Crippen LogP contribution in [0, 0.1) is 0 Å². The molecular weight excluding hydrogens is 206 g/mol. The molecule has 5 nitrogen and oxygen atoms in total. The van der Waals surface area contributed by atoms with Crippen molar-refractivity contribution in [2.75, 3.05) is 25.9 Å². The quantitative estimate of drug-likeness (QED) is 0.790. The van der Waals surface area contributed by atoms with Crippen molar-refractivity contribution in [2.24, 2.45) is 0 Å². The molecule has 0 bridgehead atoms. The van der Waals surface area contributed by atoms with Crippen molar-refractivity contribution in [1.82, 2.24) is 9.88 Å². The second kappa shape index (κ2) is 4.49. The van der Waals surface area contributed by atoms with E-state index in [4.69, 9.17) is 10.5 Å². The van der Waals surface area contributed by atoms with Crippen molar-refractivity contribution in [3.8, 4) is 0 Å². The van der Waals surface area contributed by atoms with Gasteiger partial charge in [-0.15, -0.1) is 0 Å². The van der Waals surface area contributed by atoms with Gasteiger partial charge in [-0.25, -0.2) is 0 Å². The van der Waals surface area contributed by atoms with Gasteiger partial charge in [-0.3, -0.25) is 9.78 Å². The van der Waals surface area contributed by atoms with E-state index >= 15 is 0 Å². The average molecular weight is 221 g/mol. The molecule has 2 N–H and O–H groups in total. The third-order valence-corrected chi connectivity index (χ3v) is 2.85. The van der Waals surface area contributed by atoms with Gasteiger partial charge in [-0.05, 0) is 12.5 Å². The van der Waals surface area contributed by atoms with Crippen LogP contribution in [0.25, 0.3) is 0 Å². The van der Waals surface area contributed by atoms with Crippen LogP contribution in [-0.2, 0) is 4.74 Å². The van der Waals surface area contributed by atoms with Gasteiger partial charge in [0.2, 0.25) is 0 Å². The van der Waals surface area contributed by atoms with Crippen molar-refractivity contribution in [1.29, 1.82) is 0 Å². The van der Waals surface area contributed by atoms with E-state index in [1.54, 1.807) is 24.3 Å². The molecule has 16 heavy (non-hydrogen) atoms. The first-order chi connectivity index (χ1) is 7.72. The number of carbonyl (C=O) groups is 1. The number of hydrogen-bond donors (Lipinski definition) is 1. The van der Waals surface area contributed by atoms with Crippen molar-refractivity contribution in [3.63, 3.8) is 0 Å². The molecule has 1 aromatic heterocycles. The highest BCUT2D eigenvalue weighted by atomic mass is 16.5. The Bertz CT molecular complexity index is 395. The number of amides is 1. The number of ether oxygens (including phenoxy) is 1. The van der Waals surface area contributed by atoms with E-state index in [2.05, 4.69) is 4.98 Å². The number of anilines is 1. The van der Waals surface area contributed by atoms with Crippen LogP contribution < -0.4 is 5.73 Å². The molecule has 0 spiro atoms. The van der Waals surface area contributed by atoms with Gasteiger partial charge in [0, 0.05) is 26.4 Å². The lowest BCUT2D eigenvalue weighted by Gasteiger charge is -2.16. The molecule has 5 heteroatoms. The number of nitrogens with zero attached hydrogens (tertiary/aromatic N) is 2. The van der Waals surface area contributed by atoms with Crippen LogP contribution in [0.2, 0.25) is 0 Å². The Hall–Kier alpha value is -1.62. The Morgan fingerprint density at radius 1 is 1.69 bits per heavy atom. The third kappa shape index (κ3) is 1.99. The fourth-order valence-corrected chi connectivity index (χ4v) is 1.88. The maximum absolute atomic E-state index is 12.1. The first-order valence-electron chi connectivity index (χ1n) is 5.24. The summed E-state index contributed by atoms with van der Waals surface area (Å²) in [7, 11) is 1.67. The largest absolute Gasteiger partial charge is 0.397 e.